The monoisotopic (exact) mass is 173 g/mol. The molecule has 11 heavy (non-hydrogen) atoms. The van der Waals surface area contributed by atoms with Crippen LogP contribution < -0.4 is 0 Å². The standard InChI is InChI=1S/C7H12ClN3/c1-7(2,3)11-5-9-10-6(11)4-8/h5H,4H2,1-3H3. The van der Waals surface area contributed by atoms with Gasteiger partial charge in [-0.15, -0.1) is 21.8 Å². The molecule has 0 bridgehead atoms. The topological polar surface area (TPSA) is 30.7 Å². The van der Waals surface area contributed by atoms with E-state index in [4.69, 9.17) is 11.6 Å². The molecule has 0 radical (unpaired) electrons. The van der Waals surface area contributed by atoms with Crippen LogP contribution in [0, 0.1) is 0 Å². The number of hydrogen-bond acceptors (Lipinski definition) is 2. The van der Waals surface area contributed by atoms with E-state index in [1.807, 2.05) is 4.57 Å². The van der Waals surface area contributed by atoms with E-state index in [1.54, 1.807) is 6.33 Å². The van der Waals surface area contributed by atoms with Crippen LogP contribution >= 0.6 is 11.6 Å². The van der Waals surface area contributed by atoms with Crippen LogP contribution in [0.2, 0.25) is 0 Å². The highest BCUT2D eigenvalue weighted by atomic mass is 35.5. The molecule has 0 saturated heterocycles. The van der Waals surface area contributed by atoms with Gasteiger partial charge in [0.25, 0.3) is 0 Å². The Kier molecular flexibility index (Phi) is 2.18. The molecule has 4 heteroatoms. The maximum absolute atomic E-state index is 5.66. The number of aromatic nitrogens is 3. The van der Waals surface area contributed by atoms with Gasteiger partial charge in [0.15, 0.2) is 0 Å². The van der Waals surface area contributed by atoms with E-state index in [0.717, 1.165) is 5.82 Å². The van der Waals surface area contributed by atoms with Crippen molar-refractivity contribution >= 4 is 11.6 Å². The van der Waals surface area contributed by atoms with E-state index in [-0.39, 0.29) is 5.54 Å². The Labute approximate surface area is 71.4 Å². The molecule has 0 N–H and O–H groups in total. The van der Waals surface area contributed by atoms with Crippen molar-refractivity contribution in [2.24, 2.45) is 0 Å². The molecule has 0 aliphatic carbocycles. The summed E-state index contributed by atoms with van der Waals surface area (Å²) in [7, 11) is 0. The lowest BCUT2D eigenvalue weighted by atomic mass is 10.1. The van der Waals surface area contributed by atoms with Crippen LogP contribution in [0.4, 0.5) is 0 Å². The first-order chi connectivity index (χ1) is 5.05. The minimum Gasteiger partial charge on any atom is -0.311 e. The molecular weight excluding hydrogens is 162 g/mol. The van der Waals surface area contributed by atoms with Gasteiger partial charge in [-0.3, -0.25) is 0 Å². The first-order valence-corrected chi connectivity index (χ1v) is 4.04. The Morgan fingerprint density at radius 3 is 2.55 bits per heavy atom. The van der Waals surface area contributed by atoms with Crippen molar-refractivity contribution in [1.82, 2.24) is 14.8 Å². The Balaban J connectivity index is 3.02. The van der Waals surface area contributed by atoms with E-state index in [1.165, 1.54) is 0 Å². The fourth-order valence-corrected chi connectivity index (χ4v) is 1.09. The van der Waals surface area contributed by atoms with Crippen molar-refractivity contribution in [1.29, 1.82) is 0 Å². The van der Waals surface area contributed by atoms with Gasteiger partial charge in [0.2, 0.25) is 0 Å². The molecule has 1 heterocycles. The number of rotatable bonds is 1. The van der Waals surface area contributed by atoms with Gasteiger partial charge < -0.3 is 4.57 Å². The zero-order valence-electron chi connectivity index (χ0n) is 7.00. The zero-order valence-corrected chi connectivity index (χ0v) is 7.76. The molecule has 0 aliphatic rings. The Bertz CT molecular complexity index is 236. The number of nitrogens with zero attached hydrogens (tertiary/aromatic N) is 3. The summed E-state index contributed by atoms with van der Waals surface area (Å²) in [6.45, 7) is 6.27. The van der Waals surface area contributed by atoms with Crippen molar-refractivity contribution in [2.45, 2.75) is 32.2 Å². The van der Waals surface area contributed by atoms with Crippen molar-refractivity contribution in [3.63, 3.8) is 0 Å². The summed E-state index contributed by atoms with van der Waals surface area (Å²) in [6, 6.07) is 0. The third-order valence-corrected chi connectivity index (χ3v) is 1.70. The van der Waals surface area contributed by atoms with Crippen LogP contribution in [0.1, 0.15) is 26.6 Å². The van der Waals surface area contributed by atoms with E-state index >= 15 is 0 Å². The van der Waals surface area contributed by atoms with Gasteiger partial charge in [0.05, 0.1) is 5.88 Å². The highest BCUT2D eigenvalue weighted by Crippen LogP contribution is 2.15. The predicted molar refractivity (Wildman–Crippen MR) is 44.6 cm³/mol. The molecular formula is C7H12ClN3. The second-order valence-electron chi connectivity index (χ2n) is 3.42. The molecule has 1 aromatic heterocycles. The molecule has 1 aromatic rings. The van der Waals surface area contributed by atoms with Gasteiger partial charge in [-0.2, -0.15) is 0 Å². The fraction of sp³-hybridized carbons (Fsp3) is 0.714. The van der Waals surface area contributed by atoms with E-state index in [0.29, 0.717) is 5.88 Å². The van der Waals surface area contributed by atoms with Crippen LogP contribution in [-0.4, -0.2) is 14.8 Å². The summed E-state index contributed by atoms with van der Waals surface area (Å²) in [5, 5.41) is 7.67. The molecule has 0 spiro atoms. The minimum atomic E-state index is 0.0216. The molecule has 0 aliphatic heterocycles. The molecule has 1 rings (SSSR count). The van der Waals surface area contributed by atoms with Gasteiger partial charge in [-0.05, 0) is 20.8 Å². The first-order valence-electron chi connectivity index (χ1n) is 3.51. The largest absolute Gasteiger partial charge is 0.311 e. The second-order valence-corrected chi connectivity index (χ2v) is 3.69. The molecule has 3 nitrogen and oxygen atoms in total. The summed E-state index contributed by atoms with van der Waals surface area (Å²) in [5.41, 5.74) is 0.0216. The maximum atomic E-state index is 5.66. The highest BCUT2D eigenvalue weighted by Gasteiger charge is 2.16. The van der Waals surface area contributed by atoms with Crippen molar-refractivity contribution in [3.05, 3.63) is 12.2 Å². The molecule has 0 fully saturated rings. The van der Waals surface area contributed by atoms with Gasteiger partial charge in [0, 0.05) is 5.54 Å². The Morgan fingerprint density at radius 1 is 1.55 bits per heavy atom. The number of halogens is 1. The third kappa shape index (κ3) is 1.71. The Morgan fingerprint density at radius 2 is 2.18 bits per heavy atom. The zero-order chi connectivity index (χ0) is 8.48. The van der Waals surface area contributed by atoms with E-state index in [9.17, 15) is 0 Å². The number of hydrogen-bond donors (Lipinski definition) is 0. The van der Waals surface area contributed by atoms with Crippen molar-refractivity contribution < 1.29 is 0 Å². The van der Waals surface area contributed by atoms with Crippen molar-refractivity contribution in [3.8, 4) is 0 Å². The van der Waals surface area contributed by atoms with Crippen LogP contribution in [0.5, 0.6) is 0 Å². The lowest BCUT2D eigenvalue weighted by Gasteiger charge is -2.21. The van der Waals surface area contributed by atoms with Gasteiger partial charge in [-0.25, -0.2) is 0 Å². The minimum absolute atomic E-state index is 0.0216. The molecule has 0 aromatic carbocycles. The summed E-state index contributed by atoms with van der Waals surface area (Å²) in [4.78, 5) is 0. The fourth-order valence-electron chi connectivity index (χ4n) is 0.910. The van der Waals surface area contributed by atoms with Crippen LogP contribution in [0.3, 0.4) is 0 Å². The average Bonchev–Trinajstić information content (AvgIpc) is 2.31. The molecule has 0 atom stereocenters. The molecule has 62 valence electrons. The summed E-state index contributed by atoms with van der Waals surface area (Å²) in [5.74, 6) is 1.23. The normalized spacial score (nSPS) is 12.0. The average molecular weight is 174 g/mol. The lowest BCUT2D eigenvalue weighted by Crippen LogP contribution is -2.22. The third-order valence-electron chi connectivity index (χ3n) is 1.46. The summed E-state index contributed by atoms with van der Waals surface area (Å²) in [6.07, 6.45) is 1.71. The first kappa shape index (κ1) is 8.53. The SMILES string of the molecule is CC(C)(C)n1cnnc1CCl. The molecule has 0 unspecified atom stereocenters. The van der Waals surface area contributed by atoms with Crippen LogP contribution in [0.25, 0.3) is 0 Å². The lowest BCUT2D eigenvalue weighted by molar-refractivity contribution is 0.386. The predicted octanol–water partition coefficient (Wildman–Crippen LogP) is 1.77. The maximum Gasteiger partial charge on any atom is 0.148 e. The van der Waals surface area contributed by atoms with Gasteiger partial charge >= 0.3 is 0 Å². The van der Waals surface area contributed by atoms with E-state index < -0.39 is 0 Å². The molecule has 0 saturated carbocycles. The highest BCUT2D eigenvalue weighted by molar-refractivity contribution is 6.16. The van der Waals surface area contributed by atoms with Crippen LogP contribution in [0.15, 0.2) is 6.33 Å². The summed E-state index contributed by atoms with van der Waals surface area (Å²) < 4.78 is 1.97. The van der Waals surface area contributed by atoms with Crippen LogP contribution in [-0.2, 0) is 11.4 Å². The Hall–Kier alpha value is -0.570. The second kappa shape index (κ2) is 2.81. The number of alkyl halides is 1. The smallest absolute Gasteiger partial charge is 0.148 e. The quantitative estimate of drug-likeness (QED) is 0.606. The van der Waals surface area contributed by atoms with Crippen molar-refractivity contribution in [2.75, 3.05) is 0 Å². The van der Waals surface area contributed by atoms with Gasteiger partial charge in [0.1, 0.15) is 12.2 Å². The summed E-state index contributed by atoms with van der Waals surface area (Å²) >= 11 is 5.66. The van der Waals surface area contributed by atoms with Gasteiger partial charge in [-0.1, -0.05) is 0 Å². The molecule has 0 amide bonds. The van der Waals surface area contributed by atoms with E-state index in [2.05, 4.69) is 31.0 Å².